The number of aryl methyl sites for hydroxylation is 2. The van der Waals surface area contributed by atoms with Crippen molar-refractivity contribution >= 4 is 33.8 Å². The van der Waals surface area contributed by atoms with Crippen LogP contribution in [0.4, 0.5) is 0 Å². The van der Waals surface area contributed by atoms with Gasteiger partial charge in [-0.1, -0.05) is 18.2 Å². The van der Waals surface area contributed by atoms with Crippen molar-refractivity contribution in [3.8, 4) is 5.69 Å². The van der Waals surface area contributed by atoms with Gasteiger partial charge in [0, 0.05) is 4.88 Å². The molecule has 0 spiro atoms. The van der Waals surface area contributed by atoms with Gasteiger partial charge in [-0.2, -0.15) is 0 Å². The first kappa shape index (κ1) is 12.1. The van der Waals surface area contributed by atoms with Crippen LogP contribution in [0.2, 0.25) is 0 Å². The molecule has 2 heterocycles. The molecule has 0 fully saturated rings. The summed E-state index contributed by atoms with van der Waals surface area (Å²) in [5.41, 5.74) is 2.05. The van der Waals surface area contributed by atoms with E-state index in [4.69, 9.17) is 12.2 Å². The fraction of sp³-hybridized carbons (Fsp3) is 0.200. The molecule has 0 saturated heterocycles. The second-order valence-corrected chi connectivity index (χ2v) is 6.46. The smallest absolute Gasteiger partial charge is 0.267 e. The number of aromatic nitrogens is 2. The molecule has 0 unspecified atom stereocenters. The number of nitrogens with one attached hydrogen (secondary N) is 1. The van der Waals surface area contributed by atoms with E-state index >= 15 is 0 Å². The van der Waals surface area contributed by atoms with Crippen molar-refractivity contribution in [2.45, 2.75) is 19.3 Å². The zero-order chi connectivity index (χ0) is 13.7. The van der Waals surface area contributed by atoms with Crippen molar-refractivity contribution in [3.63, 3.8) is 0 Å². The van der Waals surface area contributed by atoms with Gasteiger partial charge in [-0.25, -0.2) is 0 Å². The predicted molar refractivity (Wildman–Crippen MR) is 84.6 cm³/mol. The van der Waals surface area contributed by atoms with Gasteiger partial charge >= 0.3 is 0 Å². The first-order chi connectivity index (χ1) is 9.75. The van der Waals surface area contributed by atoms with Gasteiger partial charge in [0.1, 0.15) is 4.83 Å². The summed E-state index contributed by atoms with van der Waals surface area (Å²) >= 11 is 7.05. The lowest BCUT2D eigenvalue weighted by molar-refractivity contribution is 0.910. The van der Waals surface area contributed by atoms with Crippen LogP contribution in [-0.2, 0) is 12.8 Å². The van der Waals surface area contributed by atoms with Crippen molar-refractivity contribution in [2.75, 3.05) is 0 Å². The summed E-state index contributed by atoms with van der Waals surface area (Å²) in [6.07, 6.45) is 3.24. The Kier molecular flexibility index (Phi) is 2.65. The highest BCUT2D eigenvalue weighted by Gasteiger charge is 2.21. The summed E-state index contributed by atoms with van der Waals surface area (Å²) < 4.78 is 2.07. The van der Waals surface area contributed by atoms with E-state index in [2.05, 4.69) is 4.98 Å². The second-order valence-electron chi connectivity index (χ2n) is 4.97. The van der Waals surface area contributed by atoms with Crippen molar-refractivity contribution < 1.29 is 0 Å². The summed E-state index contributed by atoms with van der Waals surface area (Å²) in [7, 11) is 0. The molecular formula is C15H12N2OS2. The van der Waals surface area contributed by atoms with Crippen LogP contribution in [0.15, 0.2) is 35.1 Å². The standard InChI is InChI=1S/C15H12N2OS2/c18-14-12-10-7-4-8-11(10)20-13(12)16-15(19)17(14)9-5-2-1-3-6-9/h1-3,5-6H,4,7-8H2,(H,16,19). The van der Waals surface area contributed by atoms with E-state index < -0.39 is 0 Å². The maximum atomic E-state index is 12.9. The fourth-order valence-corrected chi connectivity index (χ4v) is 4.52. The molecule has 1 aliphatic carbocycles. The number of rotatable bonds is 1. The zero-order valence-electron chi connectivity index (χ0n) is 10.7. The number of nitrogens with zero attached hydrogens (tertiary/aromatic N) is 1. The Morgan fingerprint density at radius 1 is 1.20 bits per heavy atom. The van der Waals surface area contributed by atoms with Gasteiger partial charge in [0.25, 0.3) is 5.56 Å². The van der Waals surface area contributed by atoms with Crippen molar-refractivity contribution in [1.29, 1.82) is 0 Å². The lowest BCUT2D eigenvalue weighted by Gasteiger charge is -2.06. The number of para-hydroxylation sites is 1. The summed E-state index contributed by atoms with van der Waals surface area (Å²) in [6, 6.07) is 9.58. The van der Waals surface area contributed by atoms with Gasteiger partial charge in [-0.05, 0) is 49.2 Å². The summed E-state index contributed by atoms with van der Waals surface area (Å²) in [5.74, 6) is 0. The van der Waals surface area contributed by atoms with Crippen LogP contribution < -0.4 is 5.56 Å². The molecule has 3 aromatic rings. The van der Waals surface area contributed by atoms with Gasteiger partial charge in [0.2, 0.25) is 0 Å². The molecule has 0 aliphatic heterocycles. The highest BCUT2D eigenvalue weighted by molar-refractivity contribution is 7.71. The quantitative estimate of drug-likeness (QED) is 0.697. The molecule has 1 aliphatic rings. The SMILES string of the molecule is O=c1c2c3c(sc2[nH]c(=S)n1-c1ccccc1)CCC3. The summed E-state index contributed by atoms with van der Waals surface area (Å²) in [4.78, 5) is 18.3. The summed E-state index contributed by atoms with van der Waals surface area (Å²) in [5, 5.41) is 0.833. The van der Waals surface area contributed by atoms with Crippen LogP contribution in [0.5, 0.6) is 0 Å². The number of H-pyrrole nitrogens is 1. The third kappa shape index (κ3) is 1.63. The van der Waals surface area contributed by atoms with E-state index in [1.54, 1.807) is 15.9 Å². The van der Waals surface area contributed by atoms with Gasteiger partial charge in [0.05, 0.1) is 11.1 Å². The maximum absolute atomic E-state index is 12.9. The Morgan fingerprint density at radius 2 is 2.00 bits per heavy atom. The average molecular weight is 300 g/mol. The highest BCUT2D eigenvalue weighted by atomic mass is 32.1. The first-order valence-corrected chi connectivity index (χ1v) is 7.83. The normalized spacial score (nSPS) is 13.8. The van der Waals surface area contributed by atoms with Gasteiger partial charge in [-0.15, -0.1) is 11.3 Å². The number of hydrogen-bond acceptors (Lipinski definition) is 3. The molecular weight excluding hydrogens is 288 g/mol. The lowest BCUT2D eigenvalue weighted by Crippen LogP contribution is -2.20. The molecule has 100 valence electrons. The monoisotopic (exact) mass is 300 g/mol. The Bertz CT molecular complexity index is 919. The topological polar surface area (TPSA) is 37.8 Å². The molecule has 0 atom stereocenters. The molecule has 0 amide bonds. The first-order valence-electron chi connectivity index (χ1n) is 6.61. The van der Waals surface area contributed by atoms with Gasteiger partial charge in [0.15, 0.2) is 4.77 Å². The number of fused-ring (bicyclic) bond motifs is 3. The number of thiophene rings is 1. The van der Waals surface area contributed by atoms with Crippen molar-refractivity contribution in [2.24, 2.45) is 0 Å². The van der Waals surface area contributed by atoms with Crippen LogP contribution in [0, 0.1) is 4.77 Å². The van der Waals surface area contributed by atoms with Crippen LogP contribution in [-0.4, -0.2) is 9.55 Å². The Balaban J connectivity index is 2.13. The Morgan fingerprint density at radius 3 is 2.80 bits per heavy atom. The molecule has 1 aromatic carbocycles. The molecule has 4 rings (SSSR count). The van der Waals surface area contributed by atoms with Crippen LogP contribution in [0.1, 0.15) is 16.9 Å². The summed E-state index contributed by atoms with van der Waals surface area (Å²) in [6.45, 7) is 0. The zero-order valence-corrected chi connectivity index (χ0v) is 12.3. The van der Waals surface area contributed by atoms with Gasteiger partial charge in [-0.3, -0.25) is 9.36 Å². The molecule has 3 nitrogen and oxygen atoms in total. The minimum absolute atomic E-state index is 0.00866. The Hall–Kier alpha value is -1.72. The van der Waals surface area contributed by atoms with E-state index in [9.17, 15) is 4.79 Å². The lowest BCUT2D eigenvalue weighted by atomic mass is 10.2. The molecule has 0 bridgehead atoms. The molecule has 0 saturated carbocycles. The largest absolute Gasteiger partial charge is 0.323 e. The molecule has 2 aromatic heterocycles. The molecule has 5 heteroatoms. The van der Waals surface area contributed by atoms with Crippen LogP contribution in [0.25, 0.3) is 15.9 Å². The van der Waals surface area contributed by atoms with E-state index in [1.807, 2.05) is 30.3 Å². The number of benzene rings is 1. The number of aromatic amines is 1. The van der Waals surface area contributed by atoms with E-state index in [-0.39, 0.29) is 5.56 Å². The third-order valence-corrected chi connectivity index (χ3v) is 5.27. The maximum Gasteiger partial charge on any atom is 0.267 e. The van der Waals surface area contributed by atoms with E-state index in [0.717, 1.165) is 35.2 Å². The van der Waals surface area contributed by atoms with Crippen LogP contribution >= 0.6 is 23.6 Å². The van der Waals surface area contributed by atoms with E-state index in [1.165, 1.54) is 10.4 Å². The minimum Gasteiger partial charge on any atom is -0.323 e. The highest BCUT2D eigenvalue weighted by Crippen LogP contribution is 2.34. The van der Waals surface area contributed by atoms with Crippen molar-refractivity contribution in [3.05, 3.63) is 55.9 Å². The van der Waals surface area contributed by atoms with Crippen LogP contribution in [0.3, 0.4) is 0 Å². The number of hydrogen-bond donors (Lipinski definition) is 1. The molecule has 0 radical (unpaired) electrons. The minimum atomic E-state index is 0.00866. The molecule has 1 N–H and O–H groups in total. The molecule has 20 heavy (non-hydrogen) atoms. The predicted octanol–water partition coefficient (Wildman–Crippen LogP) is 3.60. The third-order valence-electron chi connectivity index (χ3n) is 3.78. The van der Waals surface area contributed by atoms with E-state index in [0.29, 0.717) is 4.77 Å². The second kappa shape index (κ2) is 4.40. The van der Waals surface area contributed by atoms with Crippen molar-refractivity contribution in [1.82, 2.24) is 9.55 Å². The fourth-order valence-electron chi connectivity index (χ4n) is 2.89. The Labute approximate surface area is 124 Å². The van der Waals surface area contributed by atoms with Gasteiger partial charge < -0.3 is 4.98 Å². The average Bonchev–Trinajstić information content (AvgIpc) is 2.99.